The van der Waals surface area contributed by atoms with Gasteiger partial charge in [-0.25, -0.2) is 0 Å². The number of nitrogens with zero attached hydrogens (tertiary/aromatic N) is 3. The highest BCUT2D eigenvalue weighted by atomic mass is 35.5. The van der Waals surface area contributed by atoms with E-state index in [2.05, 4.69) is 34.2 Å². The lowest BCUT2D eigenvalue weighted by molar-refractivity contribution is 0.389. The van der Waals surface area contributed by atoms with Gasteiger partial charge in [-0.3, -0.25) is 0 Å². The second-order valence-electron chi connectivity index (χ2n) is 5.77. The maximum atomic E-state index is 6.09. The first-order valence-electron chi connectivity index (χ1n) is 7.13. The average Bonchev–Trinajstić information content (AvgIpc) is 2.99. The maximum absolute atomic E-state index is 6.09. The van der Waals surface area contributed by atoms with Crippen molar-refractivity contribution >= 4 is 17.6 Å². The third-order valence-electron chi connectivity index (χ3n) is 3.91. The highest BCUT2D eigenvalue weighted by Gasteiger charge is 2.30. The van der Waals surface area contributed by atoms with Crippen LogP contribution in [-0.4, -0.2) is 36.3 Å². The molecule has 0 aliphatic carbocycles. The summed E-state index contributed by atoms with van der Waals surface area (Å²) < 4.78 is 5.45. The molecule has 0 bridgehead atoms. The average molecular weight is 307 g/mol. The molecule has 112 valence electrons. The molecular formula is C15H19ClN4O. The van der Waals surface area contributed by atoms with Gasteiger partial charge in [-0.15, -0.1) is 0 Å². The summed E-state index contributed by atoms with van der Waals surface area (Å²) in [5.74, 6) is 0.679. The van der Waals surface area contributed by atoms with Crippen molar-refractivity contribution in [2.24, 2.45) is 0 Å². The summed E-state index contributed by atoms with van der Waals surface area (Å²) in [6.07, 6.45) is 0. The Morgan fingerprint density at radius 1 is 1.29 bits per heavy atom. The fourth-order valence-corrected chi connectivity index (χ4v) is 2.65. The lowest BCUT2D eigenvalue weighted by atomic mass is 9.84. The summed E-state index contributed by atoms with van der Waals surface area (Å²) in [7, 11) is 0. The molecule has 1 fully saturated rings. The van der Waals surface area contributed by atoms with Crippen molar-refractivity contribution in [3.05, 3.63) is 40.7 Å². The Morgan fingerprint density at radius 3 is 2.76 bits per heavy atom. The molecule has 3 rings (SSSR count). The number of nitrogens with one attached hydrogen (secondary N) is 1. The van der Waals surface area contributed by atoms with Crippen molar-refractivity contribution in [3.63, 3.8) is 0 Å². The molecule has 2 aromatic rings. The van der Waals surface area contributed by atoms with E-state index in [0.717, 1.165) is 31.7 Å². The van der Waals surface area contributed by atoms with Gasteiger partial charge < -0.3 is 14.7 Å². The van der Waals surface area contributed by atoms with Gasteiger partial charge in [0.25, 0.3) is 0 Å². The van der Waals surface area contributed by atoms with Gasteiger partial charge in [0, 0.05) is 31.2 Å². The standard InChI is InChI=1S/C15H19ClN4O/c1-15(2,11-4-3-5-12(16)10-11)13-18-14(21-19-13)20-8-6-17-7-9-20/h3-5,10,17H,6-9H2,1-2H3. The van der Waals surface area contributed by atoms with Crippen LogP contribution in [0.1, 0.15) is 25.2 Å². The van der Waals surface area contributed by atoms with E-state index in [1.54, 1.807) is 0 Å². The summed E-state index contributed by atoms with van der Waals surface area (Å²) in [4.78, 5) is 6.70. The highest BCUT2D eigenvalue weighted by molar-refractivity contribution is 6.30. The fourth-order valence-electron chi connectivity index (χ4n) is 2.46. The summed E-state index contributed by atoms with van der Waals surface area (Å²) in [5.41, 5.74) is 0.725. The van der Waals surface area contributed by atoms with E-state index < -0.39 is 0 Å². The van der Waals surface area contributed by atoms with E-state index >= 15 is 0 Å². The van der Waals surface area contributed by atoms with E-state index in [9.17, 15) is 0 Å². The van der Waals surface area contributed by atoms with Crippen LogP contribution in [0.2, 0.25) is 5.02 Å². The molecule has 0 unspecified atom stereocenters. The van der Waals surface area contributed by atoms with E-state index in [1.165, 1.54) is 0 Å². The number of aromatic nitrogens is 2. The monoisotopic (exact) mass is 306 g/mol. The molecule has 6 heteroatoms. The van der Waals surface area contributed by atoms with Gasteiger partial charge >= 0.3 is 6.01 Å². The van der Waals surface area contributed by atoms with Crippen LogP contribution < -0.4 is 10.2 Å². The molecule has 0 saturated carbocycles. The molecule has 1 aromatic heterocycles. The van der Waals surface area contributed by atoms with Crippen molar-refractivity contribution in [3.8, 4) is 0 Å². The largest absolute Gasteiger partial charge is 0.324 e. The zero-order valence-corrected chi connectivity index (χ0v) is 13.0. The van der Waals surface area contributed by atoms with Crippen LogP contribution in [0, 0.1) is 0 Å². The van der Waals surface area contributed by atoms with Gasteiger partial charge in [-0.1, -0.05) is 28.9 Å². The molecule has 0 spiro atoms. The number of rotatable bonds is 3. The quantitative estimate of drug-likeness (QED) is 0.944. The molecule has 2 heterocycles. The van der Waals surface area contributed by atoms with E-state index in [1.807, 2.05) is 24.3 Å². The Bertz CT molecular complexity index is 620. The summed E-state index contributed by atoms with van der Waals surface area (Å²) in [5, 5.41) is 8.20. The Hall–Kier alpha value is -1.59. The first kappa shape index (κ1) is 14.4. The minimum absolute atomic E-state index is 0.347. The minimum atomic E-state index is -0.347. The van der Waals surface area contributed by atoms with E-state index in [-0.39, 0.29) is 5.41 Å². The van der Waals surface area contributed by atoms with Crippen molar-refractivity contribution in [1.29, 1.82) is 0 Å². The first-order chi connectivity index (χ1) is 10.1. The highest BCUT2D eigenvalue weighted by Crippen LogP contribution is 2.31. The lowest BCUT2D eigenvalue weighted by Gasteiger charge is -2.25. The first-order valence-corrected chi connectivity index (χ1v) is 7.51. The molecule has 1 aliphatic heterocycles. The number of hydrogen-bond acceptors (Lipinski definition) is 5. The number of benzene rings is 1. The summed E-state index contributed by atoms with van der Waals surface area (Å²) >= 11 is 6.09. The van der Waals surface area contributed by atoms with Crippen molar-refractivity contribution in [2.75, 3.05) is 31.1 Å². The normalized spacial score (nSPS) is 16.2. The maximum Gasteiger partial charge on any atom is 0.324 e. The van der Waals surface area contributed by atoms with Crippen LogP contribution in [-0.2, 0) is 5.41 Å². The van der Waals surface area contributed by atoms with Crippen LogP contribution in [0.25, 0.3) is 0 Å². The molecule has 0 amide bonds. The zero-order chi connectivity index (χ0) is 14.9. The Labute approximate surface area is 129 Å². The number of halogens is 1. The number of piperazine rings is 1. The van der Waals surface area contributed by atoms with E-state index in [0.29, 0.717) is 16.9 Å². The van der Waals surface area contributed by atoms with Crippen LogP contribution >= 0.6 is 11.6 Å². The van der Waals surface area contributed by atoms with Crippen molar-refractivity contribution < 1.29 is 4.52 Å². The zero-order valence-electron chi connectivity index (χ0n) is 12.3. The molecule has 5 nitrogen and oxygen atoms in total. The molecule has 0 radical (unpaired) electrons. The molecular weight excluding hydrogens is 288 g/mol. The topological polar surface area (TPSA) is 54.2 Å². The van der Waals surface area contributed by atoms with Gasteiger partial charge in [0.1, 0.15) is 0 Å². The Balaban J connectivity index is 1.87. The molecule has 0 atom stereocenters. The second kappa shape index (κ2) is 5.66. The molecule has 21 heavy (non-hydrogen) atoms. The van der Waals surface area contributed by atoms with E-state index in [4.69, 9.17) is 16.1 Å². The van der Waals surface area contributed by atoms with Crippen LogP contribution in [0.3, 0.4) is 0 Å². The van der Waals surface area contributed by atoms with Crippen LogP contribution in [0.5, 0.6) is 0 Å². The van der Waals surface area contributed by atoms with Gasteiger partial charge in [0.05, 0.1) is 5.41 Å². The Morgan fingerprint density at radius 2 is 2.05 bits per heavy atom. The predicted octanol–water partition coefficient (Wildman–Crippen LogP) is 2.46. The fraction of sp³-hybridized carbons (Fsp3) is 0.467. The summed E-state index contributed by atoms with van der Waals surface area (Å²) in [6.45, 7) is 7.80. The molecule has 1 saturated heterocycles. The molecule has 1 aromatic carbocycles. The summed E-state index contributed by atoms with van der Waals surface area (Å²) in [6, 6.07) is 8.39. The van der Waals surface area contributed by atoms with Crippen molar-refractivity contribution in [2.45, 2.75) is 19.3 Å². The van der Waals surface area contributed by atoms with Crippen LogP contribution in [0.4, 0.5) is 6.01 Å². The van der Waals surface area contributed by atoms with Gasteiger partial charge in [0.15, 0.2) is 5.82 Å². The second-order valence-corrected chi connectivity index (χ2v) is 6.21. The van der Waals surface area contributed by atoms with Crippen molar-refractivity contribution in [1.82, 2.24) is 15.5 Å². The number of anilines is 1. The lowest BCUT2D eigenvalue weighted by Crippen LogP contribution is -2.43. The van der Waals surface area contributed by atoms with Gasteiger partial charge in [0.2, 0.25) is 0 Å². The minimum Gasteiger partial charge on any atom is -0.322 e. The third-order valence-corrected chi connectivity index (χ3v) is 4.14. The van der Waals surface area contributed by atoms with Crippen LogP contribution in [0.15, 0.2) is 28.8 Å². The van der Waals surface area contributed by atoms with Gasteiger partial charge in [-0.2, -0.15) is 4.98 Å². The molecule has 1 aliphatic rings. The van der Waals surface area contributed by atoms with Gasteiger partial charge in [-0.05, 0) is 31.5 Å². The number of hydrogen-bond donors (Lipinski definition) is 1. The SMILES string of the molecule is CC(C)(c1cccc(Cl)c1)c1noc(N2CCNCC2)n1. The smallest absolute Gasteiger partial charge is 0.322 e. The Kier molecular flexibility index (Phi) is 3.87. The predicted molar refractivity (Wildman–Crippen MR) is 83.0 cm³/mol. The molecule has 1 N–H and O–H groups in total. The third kappa shape index (κ3) is 2.89.